The fourth-order valence-corrected chi connectivity index (χ4v) is 3.62. The first-order chi connectivity index (χ1) is 16.1. The number of hydrogen-bond acceptors (Lipinski definition) is 3. The second kappa shape index (κ2) is 13.3. The highest BCUT2D eigenvalue weighted by atomic mass is 16.5. The van der Waals surface area contributed by atoms with Crippen molar-refractivity contribution >= 4 is 5.97 Å². The molecule has 0 heterocycles. The minimum absolute atomic E-state index is 0.291. The smallest absolute Gasteiger partial charge is 0.333 e. The zero-order valence-electron chi connectivity index (χ0n) is 19.6. The SMILES string of the molecule is C=C(C)C(=O)OCCCCCCCCOc1ccc(-c2ccc(-c3ccccc3)cc2)cc1. The largest absolute Gasteiger partial charge is 0.494 e. The first kappa shape index (κ1) is 24.3. The number of carbonyl (C=O) groups excluding carboxylic acids is 1. The Labute approximate surface area is 198 Å². The van der Waals surface area contributed by atoms with Gasteiger partial charge in [0.2, 0.25) is 0 Å². The van der Waals surface area contributed by atoms with Gasteiger partial charge < -0.3 is 9.47 Å². The van der Waals surface area contributed by atoms with Crippen LogP contribution in [0.15, 0.2) is 91.0 Å². The molecule has 0 N–H and O–H groups in total. The highest BCUT2D eigenvalue weighted by Gasteiger charge is 2.03. The Morgan fingerprint density at radius 1 is 0.636 bits per heavy atom. The molecule has 0 aliphatic rings. The topological polar surface area (TPSA) is 35.5 Å². The van der Waals surface area contributed by atoms with Crippen LogP contribution in [0.1, 0.15) is 45.4 Å². The number of ether oxygens (including phenoxy) is 2. The zero-order chi connectivity index (χ0) is 23.3. The molecule has 0 saturated heterocycles. The van der Waals surface area contributed by atoms with Gasteiger partial charge in [-0.2, -0.15) is 0 Å². The van der Waals surface area contributed by atoms with Crippen molar-refractivity contribution in [2.75, 3.05) is 13.2 Å². The van der Waals surface area contributed by atoms with Crippen LogP contribution in [0.2, 0.25) is 0 Å². The summed E-state index contributed by atoms with van der Waals surface area (Å²) in [5.74, 6) is 0.625. The third kappa shape index (κ3) is 8.27. The van der Waals surface area contributed by atoms with Crippen LogP contribution in [-0.2, 0) is 9.53 Å². The number of esters is 1. The fourth-order valence-electron chi connectivity index (χ4n) is 3.62. The van der Waals surface area contributed by atoms with E-state index in [1.807, 2.05) is 18.2 Å². The van der Waals surface area contributed by atoms with Gasteiger partial charge in [-0.05, 0) is 54.2 Å². The molecule has 3 aromatic carbocycles. The zero-order valence-corrected chi connectivity index (χ0v) is 19.6. The van der Waals surface area contributed by atoms with Gasteiger partial charge in [0.15, 0.2) is 0 Å². The molecule has 0 unspecified atom stereocenters. The molecule has 3 rings (SSSR count). The number of hydrogen-bond donors (Lipinski definition) is 0. The van der Waals surface area contributed by atoms with E-state index < -0.39 is 0 Å². The monoisotopic (exact) mass is 442 g/mol. The summed E-state index contributed by atoms with van der Waals surface area (Å²) in [6.45, 7) is 6.47. The highest BCUT2D eigenvalue weighted by Crippen LogP contribution is 2.26. The van der Waals surface area contributed by atoms with Gasteiger partial charge in [-0.15, -0.1) is 0 Å². The van der Waals surface area contributed by atoms with E-state index >= 15 is 0 Å². The van der Waals surface area contributed by atoms with Gasteiger partial charge in [-0.1, -0.05) is 99.0 Å². The third-order valence-electron chi connectivity index (χ3n) is 5.57. The van der Waals surface area contributed by atoms with Crippen molar-refractivity contribution < 1.29 is 14.3 Å². The van der Waals surface area contributed by atoms with E-state index in [2.05, 4.69) is 67.2 Å². The lowest BCUT2D eigenvalue weighted by molar-refractivity contribution is -0.139. The molecule has 0 atom stereocenters. The van der Waals surface area contributed by atoms with Crippen molar-refractivity contribution in [3.8, 4) is 28.0 Å². The maximum Gasteiger partial charge on any atom is 0.333 e. The van der Waals surface area contributed by atoms with Crippen molar-refractivity contribution in [1.29, 1.82) is 0 Å². The predicted molar refractivity (Wildman–Crippen MR) is 136 cm³/mol. The number of rotatable bonds is 13. The minimum atomic E-state index is -0.291. The quantitative estimate of drug-likeness (QED) is 0.153. The summed E-state index contributed by atoms with van der Waals surface area (Å²) < 4.78 is 11.0. The van der Waals surface area contributed by atoms with Crippen molar-refractivity contribution in [3.05, 3.63) is 91.0 Å². The van der Waals surface area contributed by atoms with Crippen LogP contribution in [-0.4, -0.2) is 19.2 Å². The number of benzene rings is 3. The predicted octanol–water partition coefficient (Wildman–Crippen LogP) is 7.86. The lowest BCUT2D eigenvalue weighted by atomic mass is 10.0. The Kier molecular flexibility index (Phi) is 9.78. The molecule has 0 aliphatic heterocycles. The molecular weight excluding hydrogens is 408 g/mol. The molecule has 0 amide bonds. The van der Waals surface area contributed by atoms with Crippen LogP contribution in [0, 0.1) is 0 Å². The molecule has 3 heteroatoms. The van der Waals surface area contributed by atoms with Gasteiger partial charge in [0.1, 0.15) is 5.75 Å². The Hall–Kier alpha value is -3.33. The standard InChI is InChI=1S/C30H34O3/c1-24(2)30(31)33-23-11-6-4-3-5-10-22-32-29-20-18-28(19-21-29)27-16-14-26(15-17-27)25-12-8-7-9-13-25/h7-9,12-21H,1,3-6,10-11,22-23H2,2H3. The van der Waals surface area contributed by atoms with E-state index in [-0.39, 0.29) is 5.97 Å². The second-order valence-electron chi connectivity index (χ2n) is 8.35. The average Bonchev–Trinajstić information content (AvgIpc) is 2.86. The summed E-state index contributed by atoms with van der Waals surface area (Å²) in [5, 5.41) is 0. The van der Waals surface area contributed by atoms with E-state index in [1.54, 1.807) is 6.92 Å². The number of carbonyl (C=O) groups is 1. The van der Waals surface area contributed by atoms with Crippen LogP contribution in [0.3, 0.4) is 0 Å². The normalized spacial score (nSPS) is 10.6. The van der Waals surface area contributed by atoms with Gasteiger partial charge in [0, 0.05) is 5.57 Å². The van der Waals surface area contributed by atoms with Gasteiger partial charge in [-0.3, -0.25) is 0 Å². The third-order valence-corrected chi connectivity index (χ3v) is 5.57. The van der Waals surface area contributed by atoms with Crippen LogP contribution in [0.5, 0.6) is 5.75 Å². The number of unbranched alkanes of at least 4 members (excludes halogenated alkanes) is 5. The molecule has 0 aromatic heterocycles. The maximum absolute atomic E-state index is 11.3. The molecule has 0 saturated carbocycles. The fraction of sp³-hybridized carbons (Fsp3) is 0.300. The summed E-state index contributed by atoms with van der Waals surface area (Å²) in [7, 11) is 0. The van der Waals surface area contributed by atoms with Crippen LogP contribution < -0.4 is 4.74 Å². The highest BCUT2D eigenvalue weighted by molar-refractivity contribution is 5.86. The Bertz CT molecular complexity index is 989. The molecule has 3 aromatic rings. The summed E-state index contributed by atoms with van der Waals surface area (Å²) in [6.07, 6.45) is 6.53. The van der Waals surface area contributed by atoms with Crippen molar-refractivity contribution in [2.24, 2.45) is 0 Å². The molecule has 0 fully saturated rings. The van der Waals surface area contributed by atoms with Gasteiger partial charge in [0.25, 0.3) is 0 Å². The lowest BCUT2D eigenvalue weighted by Crippen LogP contribution is -2.06. The van der Waals surface area contributed by atoms with E-state index in [1.165, 1.54) is 28.7 Å². The first-order valence-electron chi connectivity index (χ1n) is 11.8. The molecule has 0 bridgehead atoms. The van der Waals surface area contributed by atoms with E-state index in [0.717, 1.165) is 44.5 Å². The summed E-state index contributed by atoms with van der Waals surface area (Å²) in [6, 6.07) is 27.4. The maximum atomic E-state index is 11.3. The summed E-state index contributed by atoms with van der Waals surface area (Å²) >= 11 is 0. The molecule has 33 heavy (non-hydrogen) atoms. The van der Waals surface area contributed by atoms with E-state index in [9.17, 15) is 4.79 Å². The van der Waals surface area contributed by atoms with Gasteiger partial charge >= 0.3 is 5.97 Å². The molecular formula is C30H34O3. The molecule has 0 radical (unpaired) electrons. The van der Waals surface area contributed by atoms with Crippen LogP contribution in [0.25, 0.3) is 22.3 Å². The Balaban J connectivity index is 1.30. The average molecular weight is 443 g/mol. The van der Waals surface area contributed by atoms with Crippen LogP contribution >= 0.6 is 0 Å². The second-order valence-corrected chi connectivity index (χ2v) is 8.35. The van der Waals surface area contributed by atoms with Gasteiger partial charge in [0.05, 0.1) is 13.2 Å². The first-order valence-corrected chi connectivity index (χ1v) is 11.8. The van der Waals surface area contributed by atoms with Gasteiger partial charge in [-0.25, -0.2) is 4.79 Å². The minimum Gasteiger partial charge on any atom is -0.494 e. The molecule has 172 valence electrons. The van der Waals surface area contributed by atoms with Crippen molar-refractivity contribution in [2.45, 2.75) is 45.4 Å². The molecule has 0 spiro atoms. The van der Waals surface area contributed by atoms with Crippen molar-refractivity contribution in [1.82, 2.24) is 0 Å². The summed E-state index contributed by atoms with van der Waals surface area (Å²) in [5.41, 5.74) is 5.32. The van der Waals surface area contributed by atoms with Crippen LogP contribution in [0.4, 0.5) is 0 Å². The Morgan fingerprint density at radius 2 is 1.09 bits per heavy atom. The molecule has 3 nitrogen and oxygen atoms in total. The molecule has 0 aliphatic carbocycles. The summed E-state index contributed by atoms with van der Waals surface area (Å²) in [4.78, 5) is 11.3. The lowest BCUT2D eigenvalue weighted by Gasteiger charge is -2.08. The van der Waals surface area contributed by atoms with E-state index in [0.29, 0.717) is 12.2 Å². The Morgan fingerprint density at radius 3 is 1.64 bits per heavy atom. The van der Waals surface area contributed by atoms with Crippen molar-refractivity contribution in [3.63, 3.8) is 0 Å². The van der Waals surface area contributed by atoms with E-state index in [4.69, 9.17) is 9.47 Å².